The Hall–Kier alpha value is -1.94. The van der Waals surface area contributed by atoms with Crippen LogP contribution >= 0.6 is 12.2 Å². The number of thiocarbonyl (C=S) groups is 1. The van der Waals surface area contributed by atoms with Crippen LogP contribution in [0.5, 0.6) is 0 Å². The van der Waals surface area contributed by atoms with Gasteiger partial charge in [0.1, 0.15) is 0 Å². The van der Waals surface area contributed by atoms with E-state index in [0.717, 1.165) is 10.8 Å². The summed E-state index contributed by atoms with van der Waals surface area (Å²) in [6, 6.07) is 11.3. The number of rotatable bonds is 4. The van der Waals surface area contributed by atoms with Crippen LogP contribution in [0.15, 0.2) is 42.7 Å². The van der Waals surface area contributed by atoms with Gasteiger partial charge in [-0.2, -0.15) is 0 Å². The van der Waals surface area contributed by atoms with E-state index in [4.69, 9.17) is 12.2 Å². The molecule has 2 aromatic rings. The van der Waals surface area contributed by atoms with Gasteiger partial charge in [-0.1, -0.05) is 37.5 Å². The van der Waals surface area contributed by atoms with E-state index in [2.05, 4.69) is 60.2 Å². The molecule has 138 valence electrons. The van der Waals surface area contributed by atoms with E-state index in [1.165, 1.54) is 48.8 Å². The molecule has 3 rings (SSSR count). The van der Waals surface area contributed by atoms with Crippen molar-refractivity contribution < 1.29 is 0 Å². The Morgan fingerprint density at radius 1 is 1.19 bits per heavy atom. The Morgan fingerprint density at radius 2 is 1.96 bits per heavy atom. The van der Waals surface area contributed by atoms with E-state index in [9.17, 15) is 0 Å². The summed E-state index contributed by atoms with van der Waals surface area (Å²) in [5.74, 6) is 0. The first-order valence-corrected chi connectivity index (χ1v) is 10.0. The van der Waals surface area contributed by atoms with Crippen molar-refractivity contribution >= 4 is 23.0 Å². The molecule has 1 saturated carbocycles. The lowest BCUT2D eigenvalue weighted by molar-refractivity contribution is 0.203. The first-order valence-electron chi connectivity index (χ1n) is 9.63. The molecule has 3 nitrogen and oxygen atoms in total. The number of pyridine rings is 1. The summed E-state index contributed by atoms with van der Waals surface area (Å²) in [6.45, 7) is 6.48. The Balaban J connectivity index is 1.86. The van der Waals surface area contributed by atoms with Gasteiger partial charge in [-0.05, 0) is 74.7 Å². The number of anilines is 1. The molecule has 0 amide bonds. The highest BCUT2D eigenvalue weighted by Gasteiger charge is 2.28. The van der Waals surface area contributed by atoms with Crippen LogP contribution in [0.3, 0.4) is 0 Å². The monoisotopic (exact) mass is 367 g/mol. The van der Waals surface area contributed by atoms with E-state index in [-0.39, 0.29) is 6.04 Å². The zero-order valence-electron chi connectivity index (χ0n) is 16.0. The molecule has 0 aliphatic heterocycles. The molecule has 0 unspecified atom stereocenters. The molecule has 0 spiro atoms. The van der Waals surface area contributed by atoms with Crippen molar-refractivity contribution in [3.8, 4) is 0 Å². The van der Waals surface area contributed by atoms with Gasteiger partial charge in [0.2, 0.25) is 0 Å². The summed E-state index contributed by atoms with van der Waals surface area (Å²) in [4.78, 5) is 6.72. The molecule has 1 atom stereocenters. The second kappa shape index (κ2) is 8.63. The predicted octanol–water partition coefficient (Wildman–Crippen LogP) is 5.79. The Bertz CT molecular complexity index is 738. The zero-order valence-corrected chi connectivity index (χ0v) is 16.9. The van der Waals surface area contributed by atoms with Crippen molar-refractivity contribution in [2.24, 2.45) is 0 Å². The SMILES string of the molecule is Cc1ccc(C)c(NC(=S)N(C2CCCCC2)[C@H](C)c2cccnc2)c1. The summed E-state index contributed by atoms with van der Waals surface area (Å²) in [7, 11) is 0. The molecule has 1 fully saturated rings. The van der Waals surface area contributed by atoms with Crippen molar-refractivity contribution in [3.05, 3.63) is 59.4 Å². The van der Waals surface area contributed by atoms with Gasteiger partial charge in [-0.3, -0.25) is 4.98 Å². The lowest BCUT2D eigenvalue weighted by atomic mass is 9.92. The summed E-state index contributed by atoms with van der Waals surface area (Å²) >= 11 is 5.91. The number of nitrogens with zero attached hydrogens (tertiary/aromatic N) is 2. The first-order chi connectivity index (χ1) is 12.6. The van der Waals surface area contributed by atoms with Gasteiger partial charge in [-0.25, -0.2) is 0 Å². The molecule has 1 aliphatic carbocycles. The lowest BCUT2D eigenvalue weighted by Crippen LogP contribution is -2.45. The fourth-order valence-electron chi connectivity index (χ4n) is 3.85. The topological polar surface area (TPSA) is 28.2 Å². The van der Waals surface area contributed by atoms with Crippen molar-refractivity contribution in [2.45, 2.75) is 65.0 Å². The molecule has 1 aromatic heterocycles. The van der Waals surface area contributed by atoms with E-state index < -0.39 is 0 Å². The quantitative estimate of drug-likeness (QED) is 0.692. The molecular formula is C22H29N3S. The van der Waals surface area contributed by atoms with Gasteiger partial charge < -0.3 is 10.2 Å². The van der Waals surface area contributed by atoms with Crippen LogP contribution in [0.1, 0.15) is 61.8 Å². The maximum Gasteiger partial charge on any atom is 0.174 e. The highest BCUT2D eigenvalue weighted by molar-refractivity contribution is 7.80. The third-order valence-corrected chi connectivity index (χ3v) is 5.73. The number of hydrogen-bond acceptors (Lipinski definition) is 2. The summed E-state index contributed by atoms with van der Waals surface area (Å²) in [5.41, 5.74) is 4.78. The number of aryl methyl sites for hydroxylation is 2. The van der Waals surface area contributed by atoms with Crippen LogP contribution in [0.4, 0.5) is 5.69 Å². The highest BCUT2D eigenvalue weighted by Crippen LogP contribution is 2.31. The van der Waals surface area contributed by atoms with Gasteiger partial charge >= 0.3 is 0 Å². The van der Waals surface area contributed by atoms with Gasteiger partial charge in [-0.15, -0.1) is 0 Å². The molecule has 1 aliphatic rings. The minimum Gasteiger partial charge on any atom is -0.339 e. The highest BCUT2D eigenvalue weighted by atomic mass is 32.1. The van der Waals surface area contributed by atoms with E-state index in [1.807, 2.05) is 18.5 Å². The van der Waals surface area contributed by atoms with Crippen molar-refractivity contribution in [1.82, 2.24) is 9.88 Å². The zero-order chi connectivity index (χ0) is 18.5. The van der Waals surface area contributed by atoms with Crippen LogP contribution in [-0.4, -0.2) is 21.0 Å². The molecule has 1 heterocycles. The van der Waals surface area contributed by atoms with E-state index >= 15 is 0 Å². The van der Waals surface area contributed by atoms with Crippen LogP contribution in [0, 0.1) is 13.8 Å². The molecule has 1 aromatic carbocycles. The third kappa shape index (κ3) is 4.42. The second-order valence-corrected chi connectivity index (χ2v) is 7.80. The summed E-state index contributed by atoms with van der Waals surface area (Å²) < 4.78 is 0. The lowest BCUT2D eigenvalue weighted by Gasteiger charge is -2.40. The summed E-state index contributed by atoms with van der Waals surface area (Å²) in [6.07, 6.45) is 10.1. The first kappa shape index (κ1) is 18.8. The molecule has 1 N–H and O–H groups in total. The summed E-state index contributed by atoms with van der Waals surface area (Å²) in [5, 5.41) is 4.36. The van der Waals surface area contributed by atoms with E-state index in [1.54, 1.807) is 0 Å². The molecular weight excluding hydrogens is 338 g/mol. The van der Waals surface area contributed by atoms with E-state index in [0.29, 0.717) is 6.04 Å². The standard InChI is InChI=1S/C22H29N3S/c1-16-11-12-17(2)21(14-16)24-22(26)25(20-9-5-4-6-10-20)18(3)19-8-7-13-23-15-19/h7-8,11-15,18,20H,4-6,9-10H2,1-3H3,(H,24,26)/t18-/m1/s1. The smallest absolute Gasteiger partial charge is 0.174 e. The largest absolute Gasteiger partial charge is 0.339 e. The maximum absolute atomic E-state index is 5.91. The van der Waals surface area contributed by atoms with Crippen molar-refractivity contribution in [3.63, 3.8) is 0 Å². The molecule has 0 bridgehead atoms. The molecule has 26 heavy (non-hydrogen) atoms. The normalized spacial score (nSPS) is 16.1. The Labute approximate surface area is 162 Å². The third-order valence-electron chi connectivity index (χ3n) is 5.42. The Morgan fingerprint density at radius 3 is 2.65 bits per heavy atom. The van der Waals surface area contributed by atoms with Crippen molar-refractivity contribution in [1.29, 1.82) is 0 Å². The van der Waals surface area contributed by atoms with Gasteiger partial charge in [0, 0.05) is 24.1 Å². The average molecular weight is 368 g/mol. The Kier molecular flexibility index (Phi) is 6.25. The van der Waals surface area contributed by atoms with Crippen LogP contribution in [0.2, 0.25) is 0 Å². The van der Waals surface area contributed by atoms with Crippen molar-refractivity contribution in [2.75, 3.05) is 5.32 Å². The molecule has 0 radical (unpaired) electrons. The number of aromatic nitrogens is 1. The minimum atomic E-state index is 0.205. The van der Waals surface area contributed by atoms with Gasteiger partial charge in [0.15, 0.2) is 5.11 Å². The minimum absolute atomic E-state index is 0.205. The fourth-order valence-corrected chi connectivity index (χ4v) is 4.27. The number of benzene rings is 1. The number of hydrogen-bond donors (Lipinski definition) is 1. The van der Waals surface area contributed by atoms with Crippen LogP contribution < -0.4 is 5.32 Å². The van der Waals surface area contributed by atoms with Gasteiger partial charge in [0.05, 0.1) is 6.04 Å². The fraction of sp³-hybridized carbons (Fsp3) is 0.455. The predicted molar refractivity (Wildman–Crippen MR) is 114 cm³/mol. The second-order valence-electron chi connectivity index (χ2n) is 7.41. The molecule has 0 saturated heterocycles. The number of nitrogens with one attached hydrogen (secondary N) is 1. The average Bonchev–Trinajstić information content (AvgIpc) is 2.66. The maximum atomic E-state index is 5.91. The van der Waals surface area contributed by atoms with Gasteiger partial charge in [0.25, 0.3) is 0 Å². The molecule has 4 heteroatoms. The van der Waals surface area contributed by atoms with Crippen LogP contribution in [0.25, 0.3) is 0 Å². The van der Waals surface area contributed by atoms with Crippen LogP contribution in [-0.2, 0) is 0 Å².